The highest BCUT2D eigenvalue weighted by molar-refractivity contribution is 7.12. The first-order valence-corrected chi connectivity index (χ1v) is 8.63. The van der Waals surface area contributed by atoms with E-state index >= 15 is 0 Å². The van der Waals surface area contributed by atoms with E-state index in [0.29, 0.717) is 12.1 Å². The number of hydrogen-bond donors (Lipinski definition) is 1. The predicted molar refractivity (Wildman–Crippen MR) is 84.3 cm³/mol. The molecular weight excluding hydrogens is 284 g/mol. The molecular formula is C16H24N2O2S. The Kier molecular flexibility index (Phi) is 4.33. The smallest absolute Gasteiger partial charge is 0.241 e. The van der Waals surface area contributed by atoms with Gasteiger partial charge in [-0.3, -0.25) is 10.1 Å². The predicted octanol–water partition coefficient (Wildman–Crippen LogP) is 2.83. The lowest BCUT2D eigenvalue weighted by Gasteiger charge is -2.42. The molecule has 0 spiro atoms. The fourth-order valence-corrected chi connectivity index (χ4v) is 4.25. The highest BCUT2D eigenvalue weighted by atomic mass is 32.1. The molecule has 1 aliphatic carbocycles. The molecule has 5 heteroatoms. The molecule has 0 aromatic carbocycles. The molecule has 2 aliphatic rings. The van der Waals surface area contributed by atoms with Crippen molar-refractivity contribution < 1.29 is 9.53 Å². The molecule has 116 valence electrons. The van der Waals surface area contributed by atoms with E-state index in [4.69, 9.17) is 4.74 Å². The first-order chi connectivity index (χ1) is 10.1. The van der Waals surface area contributed by atoms with Crippen LogP contribution in [0.2, 0.25) is 0 Å². The summed E-state index contributed by atoms with van der Waals surface area (Å²) in [4.78, 5) is 17.4. The zero-order valence-corrected chi connectivity index (χ0v) is 13.8. The second kappa shape index (κ2) is 6.07. The third-order valence-electron chi connectivity index (χ3n) is 4.59. The van der Waals surface area contributed by atoms with Crippen molar-refractivity contribution in [1.29, 1.82) is 0 Å². The summed E-state index contributed by atoms with van der Waals surface area (Å²) in [5.74, 6) is 0.271. The maximum Gasteiger partial charge on any atom is 0.241 e. The molecule has 1 aromatic rings. The molecule has 1 amide bonds. The van der Waals surface area contributed by atoms with Gasteiger partial charge in [0, 0.05) is 22.9 Å². The van der Waals surface area contributed by atoms with Crippen LogP contribution in [0.1, 0.15) is 48.5 Å². The normalized spacial score (nSPS) is 32.5. The number of rotatable bonds is 5. The average molecular weight is 308 g/mol. The van der Waals surface area contributed by atoms with Crippen molar-refractivity contribution in [3.05, 3.63) is 21.9 Å². The molecule has 0 bridgehead atoms. The summed E-state index contributed by atoms with van der Waals surface area (Å²) < 4.78 is 5.37. The van der Waals surface area contributed by atoms with E-state index in [1.54, 1.807) is 18.4 Å². The Morgan fingerprint density at radius 3 is 2.76 bits per heavy atom. The van der Waals surface area contributed by atoms with E-state index in [0.717, 1.165) is 25.7 Å². The largest absolute Gasteiger partial charge is 0.381 e. The molecule has 0 radical (unpaired) electrons. The average Bonchev–Trinajstić information content (AvgIpc) is 2.96. The minimum atomic E-state index is -0.0241. The van der Waals surface area contributed by atoms with Crippen molar-refractivity contribution in [3.63, 3.8) is 0 Å². The first kappa shape index (κ1) is 15.0. The second-order valence-corrected chi connectivity index (χ2v) is 7.41. The van der Waals surface area contributed by atoms with Crippen LogP contribution in [0.5, 0.6) is 0 Å². The molecule has 2 fully saturated rings. The summed E-state index contributed by atoms with van der Waals surface area (Å²) in [7, 11) is 1.75. The van der Waals surface area contributed by atoms with Gasteiger partial charge in [-0.2, -0.15) is 0 Å². The fourth-order valence-electron chi connectivity index (χ4n) is 3.31. The van der Waals surface area contributed by atoms with Gasteiger partial charge in [-0.15, -0.1) is 11.3 Å². The Hall–Kier alpha value is -0.910. The van der Waals surface area contributed by atoms with Gasteiger partial charge in [-0.05, 0) is 38.3 Å². The van der Waals surface area contributed by atoms with Crippen LogP contribution in [0, 0.1) is 6.92 Å². The van der Waals surface area contributed by atoms with Gasteiger partial charge in [-0.1, -0.05) is 13.3 Å². The first-order valence-electron chi connectivity index (χ1n) is 7.81. The van der Waals surface area contributed by atoms with Gasteiger partial charge in [0.25, 0.3) is 0 Å². The van der Waals surface area contributed by atoms with Gasteiger partial charge in [0.05, 0.1) is 12.1 Å². The van der Waals surface area contributed by atoms with Crippen molar-refractivity contribution in [2.24, 2.45) is 0 Å². The molecule has 3 rings (SSSR count). The van der Waals surface area contributed by atoms with Crippen LogP contribution in [-0.4, -0.2) is 36.1 Å². The van der Waals surface area contributed by atoms with Crippen LogP contribution in [-0.2, 0) is 9.53 Å². The Morgan fingerprint density at radius 2 is 2.19 bits per heavy atom. The number of aryl methyl sites for hydroxylation is 1. The Morgan fingerprint density at radius 1 is 1.43 bits per heavy atom. The molecule has 21 heavy (non-hydrogen) atoms. The lowest BCUT2D eigenvalue weighted by atomic mass is 9.87. The van der Waals surface area contributed by atoms with Crippen LogP contribution < -0.4 is 5.32 Å². The number of carbonyl (C=O) groups excluding carboxylic acids is 1. The summed E-state index contributed by atoms with van der Waals surface area (Å²) in [6.07, 6.45) is 4.23. The molecule has 4 nitrogen and oxygen atoms in total. The molecule has 1 N–H and O–H groups in total. The third kappa shape index (κ3) is 2.74. The van der Waals surface area contributed by atoms with Crippen LogP contribution in [0.4, 0.5) is 0 Å². The third-order valence-corrected chi connectivity index (χ3v) is 5.65. The number of carbonyl (C=O) groups is 1. The van der Waals surface area contributed by atoms with E-state index in [1.165, 1.54) is 9.75 Å². The highest BCUT2D eigenvalue weighted by Gasteiger charge is 2.47. The van der Waals surface area contributed by atoms with E-state index in [-0.39, 0.29) is 18.1 Å². The molecule has 1 aromatic heterocycles. The maximum atomic E-state index is 12.7. The summed E-state index contributed by atoms with van der Waals surface area (Å²) in [6.45, 7) is 4.25. The fraction of sp³-hybridized carbons (Fsp3) is 0.688. The highest BCUT2D eigenvalue weighted by Crippen LogP contribution is 2.39. The van der Waals surface area contributed by atoms with Gasteiger partial charge in [0.2, 0.25) is 5.91 Å². The number of ether oxygens (including phenoxy) is 1. The number of methoxy groups -OCH3 is 1. The van der Waals surface area contributed by atoms with Crippen molar-refractivity contribution in [2.45, 2.75) is 63.9 Å². The lowest BCUT2D eigenvalue weighted by Crippen LogP contribution is -2.50. The van der Waals surface area contributed by atoms with Gasteiger partial charge in [-0.25, -0.2) is 0 Å². The molecule has 2 heterocycles. The summed E-state index contributed by atoms with van der Waals surface area (Å²) in [6, 6.07) is 4.59. The molecule has 1 aliphatic heterocycles. The topological polar surface area (TPSA) is 41.6 Å². The summed E-state index contributed by atoms with van der Waals surface area (Å²) >= 11 is 1.78. The molecule has 1 saturated carbocycles. The van der Waals surface area contributed by atoms with Gasteiger partial charge >= 0.3 is 0 Å². The van der Waals surface area contributed by atoms with Crippen LogP contribution in [0.3, 0.4) is 0 Å². The van der Waals surface area contributed by atoms with Gasteiger partial charge in [0.15, 0.2) is 0 Å². The summed E-state index contributed by atoms with van der Waals surface area (Å²) in [5, 5.41) is 3.55. The number of nitrogens with one attached hydrogen (secondary N) is 1. The Balaban J connectivity index is 1.80. The quantitative estimate of drug-likeness (QED) is 0.909. The zero-order valence-electron chi connectivity index (χ0n) is 13.0. The monoisotopic (exact) mass is 308 g/mol. The number of thiophene rings is 1. The summed E-state index contributed by atoms with van der Waals surface area (Å²) in [5.41, 5.74) is 0. The zero-order chi connectivity index (χ0) is 15.0. The van der Waals surface area contributed by atoms with Crippen LogP contribution in [0.15, 0.2) is 12.1 Å². The van der Waals surface area contributed by atoms with Crippen molar-refractivity contribution >= 4 is 17.2 Å². The number of amides is 1. The molecule has 2 atom stereocenters. The minimum Gasteiger partial charge on any atom is -0.381 e. The van der Waals surface area contributed by atoms with Gasteiger partial charge < -0.3 is 9.64 Å². The Bertz CT molecular complexity index is 510. The second-order valence-electron chi connectivity index (χ2n) is 6.09. The Labute approximate surface area is 130 Å². The van der Waals surface area contributed by atoms with Gasteiger partial charge in [0.1, 0.15) is 6.17 Å². The van der Waals surface area contributed by atoms with E-state index in [2.05, 4.69) is 36.2 Å². The van der Waals surface area contributed by atoms with Crippen molar-refractivity contribution in [1.82, 2.24) is 10.2 Å². The van der Waals surface area contributed by atoms with E-state index in [9.17, 15) is 4.79 Å². The number of hydrogen-bond acceptors (Lipinski definition) is 4. The molecule has 2 unspecified atom stereocenters. The molecule has 1 saturated heterocycles. The maximum absolute atomic E-state index is 12.7. The standard InChI is InChI=1S/C16H24N2O2S/c1-4-5-13-16(19)18(11-8-12(9-11)20-3)15(17-13)14-7-6-10(2)21-14/h6-7,11-13,15,17H,4-5,8-9H2,1-3H3. The lowest BCUT2D eigenvalue weighted by molar-refractivity contribution is -0.137. The van der Waals surface area contributed by atoms with E-state index in [1.807, 2.05) is 0 Å². The van der Waals surface area contributed by atoms with Crippen molar-refractivity contribution in [3.8, 4) is 0 Å². The number of nitrogens with zero attached hydrogens (tertiary/aromatic N) is 1. The SMILES string of the molecule is CCCC1NC(c2ccc(C)s2)N(C2CC(OC)C2)C1=O. The minimum absolute atomic E-state index is 0.0241. The van der Waals surface area contributed by atoms with Crippen LogP contribution in [0.25, 0.3) is 0 Å². The van der Waals surface area contributed by atoms with Crippen LogP contribution >= 0.6 is 11.3 Å². The van der Waals surface area contributed by atoms with E-state index < -0.39 is 0 Å². The van der Waals surface area contributed by atoms with Crippen molar-refractivity contribution in [2.75, 3.05) is 7.11 Å².